The number of hydrazine groups is 1. The van der Waals surface area contributed by atoms with Gasteiger partial charge in [0, 0.05) is 6.04 Å². The van der Waals surface area contributed by atoms with Crippen molar-refractivity contribution in [1.29, 1.82) is 0 Å². The molecule has 1 aliphatic carbocycles. The quantitative estimate of drug-likeness (QED) is 0.275. The number of guanidine groups is 1. The third-order valence-electron chi connectivity index (χ3n) is 1.72. The Bertz CT molecular complexity index is 209. The van der Waals surface area contributed by atoms with Crippen LogP contribution in [0.4, 0.5) is 13.2 Å². The van der Waals surface area contributed by atoms with Crippen LogP contribution < -0.4 is 16.6 Å². The van der Waals surface area contributed by atoms with Gasteiger partial charge in [0.05, 0.1) is 13.0 Å². The smallest absolute Gasteiger partial charge is 0.353 e. The molecule has 0 unspecified atom stereocenters. The molecule has 0 radical (unpaired) electrons. The second-order valence-corrected chi connectivity index (χ2v) is 3.16. The van der Waals surface area contributed by atoms with Gasteiger partial charge in [0.25, 0.3) is 0 Å². The molecule has 0 amide bonds. The summed E-state index contributed by atoms with van der Waals surface area (Å²) in [4.78, 5) is 3.66. The van der Waals surface area contributed by atoms with E-state index in [2.05, 4.69) is 15.7 Å². The average molecular weight is 210 g/mol. The van der Waals surface area contributed by atoms with Crippen LogP contribution in [0, 0.1) is 0 Å². The van der Waals surface area contributed by atoms with E-state index in [-0.39, 0.29) is 12.5 Å². The molecule has 0 spiro atoms. The highest BCUT2D eigenvalue weighted by Crippen LogP contribution is 2.19. The minimum absolute atomic E-state index is 0.233. The first-order valence-electron chi connectivity index (χ1n) is 4.35. The molecule has 0 aromatic carbocycles. The molecule has 0 aromatic rings. The third-order valence-corrected chi connectivity index (χ3v) is 1.72. The average Bonchev–Trinajstić information content (AvgIpc) is 2.84. The molecule has 0 aliphatic heterocycles. The summed E-state index contributed by atoms with van der Waals surface area (Å²) in [5, 5.41) is 2.87. The van der Waals surface area contributed by atoms with E-state index in [0.717, 1.165) is 12.8 Å². The molecule has 1 aliphatic rings. The van der Waals surface area contributed by atoms with Crippen molar-refractivity contribution in [2.45, 2.75) is 31.5 Å². The standard InChI is InChI=1S/C7H13F3N4/c8-7(9,10)3-4-12-6(14-11)13-5-1-2-5/h5H,1-4,11H2,(H2,12,13,14). The van der Waals surface area contributed by atoms with Gasteiger partial charge in [-0.15, -0.1) is 0 Å². The molecule has 0 atom stereocenters. The van der Waals surface area contributed by atoms with Crippen molar-refractivity contribution in [2.24, 2.45) is 10.8 Å². The Balaban J connectivity index is 2.24. The van der Waals surface area contributed by atoms with Gasteiger partial charge in [-0.2, -0.15) is 13.2 Å². The summed E-state index contributed by atoms with van der Waals surface area (Å²) < 4.78 is 35.2. The Morgan fingerprint density at radius 2 is 2.07 bits per heavy atom. The zero-order chi connectivity index (χ0) is 10.6. The predicted molar refractivity (Wildman–Crippen MR) is 46.5 cm³/mol. The first-order chi connectivity index (χ1) is 6.51. The lowest BCUT2D eigenvalue weighted by Crippen LogP contribution is -2.42. The molecule has 14 heavy (non-hydrogen) atoms. The predicted octanol–water partition coefficient (Wildman–Crippen LogP) is 0.510. The van der Waals surface area contributed by atoms with Crippen LogP contribution in [0.1, 0.15) is 19.3 Å². The fraction of sp³-hybridized carbons (Fsp3) is 0.857. The van der Waals surface area contributed by atoms with Crippen LogP contribution in [0.5, 0.6) is 0 Å². The van der Waals surface area contributed by atoms with Crippen LogP contribution in [-0.2, 0) is 0 Å². The van der Waals surface area contributed by atoms with Crippen molar-refractivity contribution in [3.8, 4) is 0 Å². The van der Waals surface area contributed by atoms with Gasteiger partial charge in [-0.3, -0.25) is 10.4 Å². The van der Waals surface area contributed by atoms with Crippen molar-refractivity contribution >= 4 is 5.96 Å². The van der Waals surface area contributed by atoms with E-state index in [9.17, 15) is 13.2 Å². The lowest BCUT2D eigenvalue weighted by molar-refractivity contribution is -0.132. The summed E-state index contributed by atoms with van der Waals surface area (Å²) in [6, 6.07) is 0.315. The van der Waals surface area contributed by atoms with Crippen LogP contribution in [0.3, 0.4) is 0 Å². The Kier molecular flexibility index (Phi) is 3.56. The van der Waals surface area contributed by atoms with Gasteiger partial charge in [0.15, 0.2) is 0 Å². The monoisotopic (exact) mass is 210 g/mol. The number of halogens is 3. The number of hydrogen-bond donors (Lipinski definition) is 3. The molecule has 4 nitrogen and oxygen atoms in total. The van der Waals surface area contributed by atoms with Gasteiger partial charge in [-0.05, 0) is 12.8 Å². The zero-order valence-electron chi connectivity index (χ0n) is 7.56. The van der Waals surface area contributed by atoms with Gasteiger partial charge >= 0.3 is 6.18 Å². The second-order valence-electron chi connectivity index (χ2n) is 3.16. The largest absolute Gasteiger partial charge is 0.390 e. The molecular formula is C7H13F3N4. The van der Waals surface area contributed by atoms with Crippen LogP contribution in [0.15, 0.2) is 4.99 Å². The number of hydrogen-bond acceptors (Lipinski definition) is 2. The number of aliphatic imine (C=N–C) groups is 1. The summed E-state index contributed by atoms with van der Waals surface area (Å²) in [6.45, 7) is -0.303. The molecule has 0 aromatic heterocycles. The Morgan fingerprint density at radius 1 is 1.43 bits per heavy atom. The topological polar surface area (TPSA) is 62.4 Å². The molecule has 4 N–H and O–H groups in total. The Labute approximate surface area is 79.7 Å². The number of alkyl halides is 3. The van der Waals surface area contributed by atoms with Gasteiger partial charge in [0.1, 0.15) is 0 Å². The Morgan fingerprint density at radius 3 is 2.50 bits per heavy atom. The number of rotatable bonds is 3. The summed E-state index contributed by atoms with van der Waals surface area (Å²) in [5.41, 5.74) is 2.23. The molecule has 1 fully saturated rings. The number of nitrogens with zero attached hydrogens (tertiary/aromatic N) is 1. The SMILES string of the molecule is NNC(=NCCC(F)(F)F)NC1CC1. The highest BCUT2D eigenvalue weighted by atomic mass is 19.4. The summed E-state index contributed by atoms with van der Waals surface area (Å²) >= 11 is 0. The number of nitrogens with one attached hydrogen (secondary N) is 2. The van der Waals surface area contributed by atoms with Crippen LogP contribution in [0.2, 0.25) is 0 Å². The minimum Gasteiger partial charge on any atom is -0.353 e. The van der Waals surface area contributed by atoms with E-state index in [1.54, 1.807) is 0 Å². The van der Waals surface area contributed by atoms with Gasteiger partial charge < -0.3 is 5.32 Å². The summed E-state index contributed by atoms with van der Waals surface area (Å²) in [5.74, 6) is 5.31. The summed E-state index contributed by atoms with van der Waals surface area (Å²) in [6.07, 6.45) is -3.06. The van der Waals surface area contributed by atoms with Crippen LogP contribution >= 0.6 is 0 Å². The van der Waals surface area contributed by atoms with Gasteiger partial charge in [-0.25, -0.2) is 5.84 Å². The molecule has 0 heterocycles. The molecule has 1 rings (SSSR count). The third kappa shape index (κ3) is 4.90. The van der Waals surface area contributed by atoms with E-state index in [4.69, 9.17) is 5.84 Å². The maximum atomic E-state index is 11.7. The van der Waals surface area contributed by atoms with Gasteiger partial charge in [0.2, 0.25) is 5.96 Å². The van der Waals surface area contributed by atoms with Crippen LogP contribution in [0.25, 0.3) is 0 Å². The van der Waals surface area contributed by atoms with E-state index < -0.39 is 12.6 Å². The van der Waals surface area contributed by atoms with Crippen LogP contribution in [-0.4, -0.2) is 24.7 Å². The van der Waals surface area contributed by atoms with Crippen molar-refractivity contribution in [3.05, 3.63) is 0 Å². The minimum atomic E-state index is -4.16. The van der Waals surface area contributed by atoms with Crippen molar-refractivity contribution in [1.82, 2.24) is 10.7 Å². The van der Waals surface area contributed by atoms with Crippen molar-refractivity contribution in [2.75, 3.05) is 6.54 Å². The maximum absolute atomic E-state index is 11.7. The van der Waals surface area contributed by atoms with E-state index >= 15 is 0 Å². The van der Waals surface area contributed by atoms with E-state index in [1.165, 1.54) is 0 Å². The highest BCUT2D eigenvalue weighted by molar-refractivity contribution is 5.79. The van der Waals surface area contributed by atoms with E-state index in [1.807, 2.05) is 0 Å². The first kappa shape index (κ1) is 11.1. The van der Waals surface area contributed by atoms with Crippen molar-refractivity contribution in [3.63, 3.8) is 0 Å². The fourth-order valence-electron chi connectivity index (χ4n) is 0.848. The maximum Gasteiger partial charge on any atom is 0.390 e. The lowest BCUT2D eigenvalue weighted by atomic mass is 10.4. The molecule has 1 saturated carbocycles. The Hall–Kier alpha value is -0.980. The fourth-order valence-corrected chi connectivity index (χ4v) is 0.848. The lowest BCUT2D eigenvalue weighted by Gasteiger charge is -2.08. The second kappa shape index (κ2) is 4.50. The van der Waals surface area contributed by atoms with Gasteiger partial charge in [-0.1, -0.05) is 0 Å². The first-order valence-corrected chi connectivity index (χ1v) is 4.35. The van der Waals surface area contributed by atoms with Crippen molar-refractivity contribution < 1.29 is 13.2 Å². The summed E-state index contributed by atoms with van der Waals surface area (Å²) in [7, 11) is 0. The zero-order valence-corrected chi connectivity index (χ0v) is 7.56. The number of nitrogens with two attached hydrogens (primary N) is 1. The van der Waals surface area contributed by atoms with E-state index in [0.29, 0.717) is 6.04 Å². The molecule has 0 bridgehead atoms. The molecule has 82 valence electrons. The highest BCUT2D eigenvalue weighted by Gasteiger charge is 2.26. The normalized spacial score (nSPS) is 18.1. The molecule has 0 saturated heterocycles. The molecular weight excluding hydrogens is 197 g/mol. The molecule has 7 heteroatoms.